The molecular formula is C17H17F3O3S. The van der Waals surface area contributed by atoms with Crippen molar-refractivity contribution in [3.05, 3.63) is 53.6 Å². The Morgan fingerprint density at radius 3 is 2.42 bits per heavy atom. The molecular weight excluding hydrogens is 341 g/mol. The third-order valence-corrected chi connectivity index (χ3v) is 4.75. The van der Waals surface area contributed by atoms with Gasteiger partial charge in [-0.2, -0.15) is 21.6 Å². The van der Waals surface area contributed by atoms with Gasteiger partial charge in [0.2, 0.25) is 0 Å². The summed E-state index contributed by atoms with van der Waals surface area (Å²) in [6.07, 6.45) is -3.93. The van der Waals surface area contributed by atoms with Crippen LogP contribution in [0.4, 0.5) is 13.2 Å². The van der Waals surface area contributed by atoms with Crippen molar-refractivity contribution in [1.82, 2.24) is 0 Å². The zero-order chi connectivity index (χ0) is 18.0. The standard InChI is InChI=1S/C17H17F3O3S/c1-3-9-23-24(21,22)15-8-7-12(2)16(11-15)13-5-4-6-14(10-13)17(18,19)20/h4-8,10-11H,3,9H2,1-2H3. The fourth-order valence-corrected chi connectivity index (χ4v) is 3.21. The average Bonchev–Trinajstić information content (AvgIpc) is 2.52. The molecule has 0 bridgehead atoms. The highest BCUT2D eigenvalue weighted by atomic mass is 32.2. The molecule has 2 rings (SSSR count). The van der Waals surface area contributed by atoms with E-state index in [1.54, 1.807) is 19.9 Å². The minimum atomic E-state index is -4.46. The van der Waals surface area contributed by atoms with Crippen molar-refractivity contribution in [3.8, 4) is 11.1 Å². The molecule has 0 aliphatic rings. The zero-order valence-corrected chi connectivity index (χ0v) is 14.0. The molecule has 24 heavy (non-hydrogen) atoms. The van der Waals surface area contributed by atoms with Crippen molar-refractivity contribution < 1.29 is 25.8 Å². The van der Waals surface area contributed by atoms with Crippen molar-refractivity contribution in [2.45, 2.75) is 31.3 Å². The molecule has 0 unspecified atom stereocenters. The van der Waals surface area contributed by atoms with Crippen LogP contribution in [-0.4, -0.2) is 15.0 Å². The van der Waals surface area contributed by atoms with Gasteiger partial charge in [0.15, 0.2) is 0 Å². The van der Waals surface area contributed by atoms with E-state index in [-0.39, 0.29) is 11.5 Å². The fraction of sp³-hybridized carbons (Fsp3) is 0.294. The highest BCUT2D eigenvalue weighted by molar-refractivity contribution is 7.86. The normalized spacial score (nSPS) is 12.4. The summed E-state index contributed by atoms with van der Waals surface area (Å²) in [6, 6.07) is 9.08. The lowest BCUT2D eigenvalue weighted by Crippen LogP contribution is -2.08. The first kappa shape index (κ1) is 18.5. The first-order chi connectivity index (χ1) is 11.1. The molecule has 130 valence electrons. The summed E-state index contributed by atoms with van der Waals surface area (Å²) in [5.41, 5.74) is 0.607. The maximum Gasteiger partial charge on any atom is 0.416 e. The lowest BCUT2D eigenvalue weighted by atomic mass is 9.99. The van der Waals surface area contributed by atoms with E-state index < -0.39 is 21.9 Å². The molecule has 0 spiro atoms. The highest BCUT2D eigenvalue weighted by Crippen LogP contribution is 2.34. The van der Waals surface area contributed by atoms with E-state index in [4.69, 9.17) is 4.18 Å². The Labute approximate surface area is 139 Å². The van der Waals surface area contributed by atoms with Crippen molar-refractivity contribution in [3.63, 3.8) is 0 Å². The largest absolute Gasteiger partial charge is 0.416 e. The summed E-state index contributed by atoms with van der Waals surface area (Å²) in [5.74, 6) is 0. The molecule has 0 aromatic heterocycles. The number of rotatable bonds is 5. The molecule has 0 saturated heterocycles. The molecule has 2 aromatic carbocycles. The van der Waals surface area contributed by atoms with Crippen molar-refractivity contribution in [2.24, 2.45) is 0 Å². The Morgan fingerprint density at radius 1 is 1.08 bits per heavy atom. The molecule has 2 aromatic rings. The number of hydrogen-bond acceptors (Lipinski definition) is 3. The van der Waals surface area contributed by atoms with Gasteiger partial charge in [0.25, 0.3) is 10.1 Å². The van der Waals surface area contributed by atoms with Crippen LogP contribution in [0.1, 0.15) is 24.5 Å². The van der Waals surface area contributed by atoms with Crippen LogP contribution in [-0.2, 0) is 20.5 Å². The summed E-state index contributed by atoms with van der Waals surface area (Å²) in [7, 11) is -3.93. The van der Waals surface area contributed by atoms with Gasteiger partial charge in [-0.05, 0) is 54.3 Å². The van der Waals surface area contributed by atoms with Crippen LogP contribution in [0.5, 0.6) is 0 Å². The van der Waals surface area contributed by atoms with E-state index in [0.717, 1.165) is 12.1 Å². The Morgan fingerprint density at radius 2 is 1.79 bits per heavy atom. The molecule has 0 saturated carbocycles. The quantitative estimate of drug-likeness (QED) is 0.722. The van der Waals surface area contributed by atoms with Crippen molar-refractivity contribution in [1.29, 1.82) is 0 Å². The van der Waals surface area contributed by atoms with Crippen LogP contribution in [0.3, 0.4) is 0 Å². The summed E-state index contributed by atoms with van der Waals surface area (Å²) < 4.78 is 67.7. The topological polar surface area (TPSA) is 43.4 Å². The minimum Gasteiger partial charge on any atom is -0.266 e. The Hall–Kier alpha value is -1.86. The van der Waals surface area contributed by atoms with Gasteiger partial charge in [-0.15, -0.1) is 0 Å². The molecule has 0 atom stereocenters. The molecule has 7 heteroatoms. The Balaban J connectivity index is 2.51. The molecule has 0 fully saturated rings. The zero-order valence-electron chi connectivity index (χ0n) is 13.2. The maximum absolute atomic E-state index is 12.9. The lowest BCUT2D eigenvalue weighted by molar-refractivity contribution is -0.137. The van der Waals surface area contributed by atoms with Gasteiger partial charge in [0, 0.05) is 0 Å². The predicted molar refractivity (Wildman–Crippen MR) is 85.0 cm³/mol. The van der Waals surface area contributed by atoms with Crippen LogP contribution in [0.25, 0.3) is 11.1 Å². The maximum atomic E-state index is 12.9. The molecule has 0 heterocycles. The fourth-order valence-electron chi connectivity index (χ4n) is 2.19. The predicted octanol–water partition coefficient (Wildman–Crippen LogP) is 4.80. The lowest BCUT2D eigenvalue weighted by Gasteiger charge is -2.12. The number of aryl methyl sites for hydroxylation is 1. The summed E-state index contributed by atoms with van der Waals surface area (Å²) in [6.45, 7) is 3.53. The second-order valence-corrected chi connectivity index (χ2v) is 6.95. The van der Waals surface area contributed by atoms with Crippen LogP contribution >= 0.6 is 0 Å². The number of halogens is 3. The van der Waals surface area contributed by atoms with Crippen molar-refractivity contribution in [2.75, 3.05) is 6.61 Å². The SMILES string of the molecule is CCCOS(=O)(=O)c1ccc(C)c(-c2cccc(C(F)(F)F)c2)c1. The minimum absolute atomic E-state index is 0.0507. The van der Waals surface area contributed by atoms with Crippen LogP contribution in [0.15, 0.2) is 47.4 Å². The highest BCUT2D eigenvalue weighted by Gasteiger charge is 2.30. The molecule has 0 N–H and O–H groups in total. The third-order valence-electron chi connectivity index (χ3n) is 3.44. The van der Waals surface area contributed by atoms with Gasteiger partial charge in [-0.3, -0.25) is 4.18 Å². The van der Waals surface area contributed by atoms with E-state index in [0.29, 0.717) is 23.1 Å². The second-order valence-electron chi connectivity index (χ2n) is 5.33. The molecule has 0 aliphatic carbocycles. The first-order valence-electron chi connectivity index (χ1n) is 7.33. The number of alkyl halides is 3. The molecule has 0 radical (unpaired) electrons. The van der Waals surface area contributed by atoms with E-state index in [1.165, 1.54) is 24.3 Å². The number of benzene rings is 2. The average molecular weight is 358 g/mol. The monoisotopic (exact) mass is 358 g/mol. The first-order valence-corrected chi connectivity index (χ1v) is 8.73. The van der Waals surface area contributed by atoms with Crippen LogP contribution in [0.2, 0.25) is 0 Å². The van der Waals surface area contributed by atoms with Gasteiger partial charge in [-0.25, -0.2) is 0 Å². The van der Waals surface area contributed by atoms with Crippen LogP contribution < -0.4 is 0 Å². The number of hydrogen-bond donors (Lipinski definition) is 0. The Bertz CT molecular complexity index is 827. The molecule has 3 nitrogen and oxygen atoms in total. The van der Waals surface area contributed by atoms with E-state index in [1.807, 2.05) is 0 Å². The summed E-state index contributed by atoms with van der Waals surface area (Å²) in [4.78, 5) is -0.0750. The molecule has 0 aliphatic heterocycles. The smallest absolute Gasteiger partial charge is 0.266 e. The molecule has 0 amide bonds. The summed E-state index contributed by atoms with van der Waals surface area (Å²) in [5, 5.41) is 0. The van der Waals surface area contributed by atoms with E-state index in [2.05, 4.69) is 0 Å². The van der Waals surface area contributed by atoms with Gasteiger partial charge in [0.05, 0.1) is 17.1 Å². The van der Waals surface area contributed by atoms with Crippen molar-refractivity contribution >= 4 is 10.1 Å². The third kappa shape index (κ3) is 4.15. The van der Waals surface area contributed by atoms with E-state index >= 15 is 0 Å². The van der Waals surface area contributed by atoms with Gasteiger partial charge in [-0.1, -0.05) is 25.1 Å². The van der Waals surface area contributed by atoms with E-state index in [9.17, 15) is 21.6 Å². The van der Waals surface area contributed by atoms with Gasteiger partial charge < -0.3 is 0 Å². The summed E-state index contributed by atoms with van der Waals surface area (Å²) >= 11 is 0. The Kier molecular flexibility index (Phi) is 5.35. The van der Waals surface area contributed by atoms with Gasteiger partial charge in [0.1, 0.15) is 0 Å². The second kappa shape index (κ2) is 6.94. The van der Waals surface area contributed by atoms with Gasteiger partial charge >= 0.3 is 6.18 Å². The van der Waals surface area contributed by atoms with Crippen LogP contribution in [0, 0.1) is 6.92 Å².